The molecule has 0 radical (unpaired) electrons. The van der Waals surface area contributed by atoms with Crippen molar-refractivity contribution >= 4 is 22.5 Å². The summed E-state index contributed by atoms with van der Waals surface area (Å²) >= 11 is 6.37. The fraction of sp³-hybridized carbons (Fsp3) is 0.267. The molecule has 0 saturated carbocycles. The number of aromatic amines is 1. The number of nitrogens with one attached hydrogen (secondary N) is 1. The second-order valence-corrected chi connectivity index (χ2v) is 5.37. The minimum atomic E-state index is 0.356. The van der Waals surface area contributed by atoms with Crippen LogP contribution in [0.5, 0.6) is 5.75 Å². The average Bonchev–Trinajstić information content (AvgIpc) is 3.04. The number of ether oxygens (including phenoxy) is 1. The molecule has 2 aromatic heterocycles. The van der Waals surface area contributed by atoms with Crippen LogP contribution in [-0.2, 0) is 6.61 Å². The highest BCUT2D eigenvalue weighted by atomic mass is 35.5. The predicted molar refractivity (Wildman–Crippen MR) is 78.2 cm³/mol. The molecular formula is C15H15ClN2O2. The van der Waals surface area contributed by atoms with E-state index in [1.165, 1.54) is 6.26 Å². The molecule has 0 bridgehead atoms. The van der Waals surface area contributed by atoms with Gasteiger partial charge in [-0.05, 0) is 18.1 Å². The van der Waals surface area contributed by atoms with Gasteiger partial charge in [-0.2, -0.15) is 0 Å². The van der Waals surface area contributed by atoms with Crippen molar-refractivity contribution in [3.8, 4) is 5.75 Å². The van der Waals surface area contributed by atoms with Crippen LogP contribution in [0.4, 0.5) is 0 Å². The molecule has 0 unspecified atom stereocenters. The third-order valence-electron chi connectivity index (χ3n) is 3.19. The molecule has 5 heteroatoms. The van der Waals surface area contributed by atoms with Crippen LogP contribution in [0.2, 0.25) is 5.02 Å². The first-order chi connectivity index (χ1) is 9.65. The first-order valence-corrected chi connectivity index (χ1v) is 6.86. The molecule has 1 N–H and O–H groups in total. The largest absolute Gasteiger partial charge is 0.487 e. The van der Waals surface area contributed by atoms with E-state index < -0.39 is 0 Å². The van der Waals surface area contributed by atoms with Gasteiger partial charge in [0.2, 0.25) is 0 Å². The molecule has 104 valence electrons. The van der Waals surface area contributed by atoms with Crippen LogP contribution >= 0.6 is 11.6 Å². The molecule has 3 rings (SSSR count). The molecule has 0 aliphatic rings. The Morgan fingerprint density at radius 1 is 1.35 bits per heavy atom. The highest BCUT2D eigenvalue weighted by Gasteiger charge is 2.12. The van der Waals surface area contributed by atoms with E-state index in [9.17, 15) is 0 Å². The lowest BCUT2D eigenvalue weighted by atomic mass is 10.1. The van der Waals surface area contributed by atoms with Gasteiger partial charge in [0.15, 0.2) is 0 Å². The number of benzene rings is 1. The summed E-state index contributed by atoms with van der Waals surface area (Å²) in [7, 11) is 0. The SMILES string of the molecule is CC(C)c1[nH]c2cc(OCc3ccon3)ccc2c1Cl. The smallest absolute Gasteiger partial charge is 0.134 e. The van der Waals surface area contributed by atoms with E-state index in [2.05, 4.69) is 24.0 Å². The second kappa shape index (κ2) is 5.21. The third-order valence-corrected chi connectivity index (χ3v) is 3.60. The molecule has 0 fully saturated rings. The lowest BCUT2D eigenvalue weighted by Crippen LogP contribution is -1.95. The highest BCUT2D eigenvalue weighted by Crippen LogP contribution is 2.33. The summed E-state index contributed by atoms with van der Waals surface area (Å²) in [4.78, 5) is 3.35. The summed E-state index contributed by atoms with van der Waals surface area (Å²) in [5.41, 5.74) is 2.80. The zero-order chi connectivity index (χ0) is 14.1. The van der Waals surface area contributed by atoms with E-state index in [-0.39, 0.29) is 0 Å². The number of rotatable bonds is 4. The van der Waals surface area contributed by atoms with Crippen molar-refractivity contribution in [2.45, 2.75) is 26.4 Å². The molecule has 0 aliphatic carbocycles. The molecule has 2 heterocycles. The monoisotopic (exact) mass is 290 g/mol. The molecule has 0 atom stereocenters. The van der Waals surface area contributed by atoms with Crippen LogP contribution < -0.4 is 4.74 Å². The zero-order valence-electron chi connectivity index (χ0n) is 11.3. The summed E-state index contributed by atoms with van der Waals surface area (Å²) < 4.78 is 10.4. The summed E-state index contributed by atoms with van der Waals surface area (Å²) in [6.45, 7) is 4.60. The first-order valence-electron chi connectivity index (χ1n) is 6.48. The van der Waals surface area contributed by atoms with Crippen LogP contribution in [-0.4, -0.2) is 10.1 Å². The number of halogens is 1. The van der Waals surface area contributed by atoms with Crippen LogP contribution in [0, 0.1) is 0 Å². The van der Waals surface area contributed by atoms with Gasteiger partial charge >= 0.3 is 0 Å². The molecular weight excluding hydrogens is 276 g/mol. The van der Waals surface area contributed by atoms with E-state index in [0.29, 0.717) is 12.5 Å². The van der Waals surface area contributed by atoms with E-state index in [1.807, 2.05) is 18.2 Å². The Labute approximate surface area is 121 Å². The Morgan fingerprint density at radius 2 is 2.20 bits per heavy atom. The van der Waals surface area contributed by atoms with Crippen LogP contribution in [0.3, 0.4) is 0 Å². The van der Waals surface area contributed by atoms with Crippen molar-refractivity contribution in [2.24, 2.45) is 0 Å². The summed E-state index contributed by atoms with van der Waals surface area (Å²) in [5, 5.41) is 5.61. The molecule has 0 amide bonds. The summed E-state index contributed by atoms with van der Waals surface area (Å²) in [6.07, 6.45) is 1.53. The molecule has 0 saturated heterocycles. The molecule has 0 spiro atoms. The topological polar surface area (TPSA) is 51.0 Å². The van der Waals surface area contributed by atoms with E-state index in [4.69, 9.17) is 20.9 Å². The van der Waals surface area contributed by atoms with Crippen molar-refractivity contribution < 1.29 is 9.26 Å². The number of aromatic nitrogens is 2. The minimum absolute atomic E-state index is 0.356. The Bertz CT molecular complexity index is 717. The lowest BCUT2D eigenvalue weighted by molar-refractivity contribution is 0.289. The summed E-state index contributed by atoms with van der Waals surface area (Å²) in [5.74, 6) is 1.13. The van der Waals surface area contributed by atoms with Crippen molar-refractivity contribution in [1.29, 1.82) is 0 Å². The Balaban J connectivity index is 1.87. The van der Waals surface area contributed by atoms with Gasteiger partial charge in [0.05, 0.1) is 10.5 Å². The quantitative estimate of drug-likeness (QED) is 0.769. The average molecular weight is 291 g/mol. The van der Waals surface area contributed by atoms with Gasteiger partial charge in [0.1, 0.15) is 24.3 Å². The van der Waals surface area contributed by atoms with Crippen molar-refractivity contribution in [2.75, 3.05) is 0 Å². The first kappa shape index (κ1) is 13.1. The molecule has 3 aromatic rings. The maximum Gasteiger partial charge on any atom is 0.134 e. The van der Waals surface area contributed by atoms with Gasteiger partial charge < -0.3 is 14.2 Å². The maximum atomic E-state index is 6.37. The van der Waals surface area contributed by atoms with Crippen LogP contribution in [0.15, 0.2) is 35.1 Å². The van der Waals surface area contributed by atoms with Crippen LogP contribution in [0.25, 0.3) is 10.9 Å². The van der Waals surface area contributed by atoms with E-state index in [1.54, 1.807) is 6.07 Å². The van der Waals surface area contributed by atoms with Gasteiger partial charge in [0.25, 0.3) is 0 Å². The predicted octanol–water partition coefficient (Wildman–Crippen LogP) is 4.51. The van der Waals surface area contributed by atoms with E-state index in [0.717, 1.165) is 33.1 Å². The molecule has 4 nitrogen and oxygen atoms in total. The standard InChI is InChI=1S/C15H15ClN2O2/c1-9(2)15-14(16)12-4-3-11(7-13(12)17-15)19-8-10-5-6-20-18-10/h3-7,9,17H,8H2,1-2H3. The summed E-state index contributed by atoms with van der Waals surface area (Å²) in [6, 6.07) is 7.61. The normalized spacial score (nSPS) is 11.4. The van der Waals surface area contributed by atoms with Crippen LogP contribution in [0.1, 0.15) is 31.2 Å². The third kappa shape index (κ3) is 2.39. The van der Waals surface area contributed by atoms with Gasteiger partial charge in [-0.15, -0.1) is 0 Å². The highest BCUT2D eigenvalue weighted by molar-refractivity contribution is 6.36. The van der Waals surface area contributed by atoms with Gasteiger partial charge in [0, 0.05) is 23.2 Å². The Hall–Kier alpha value is -1.94. The number of nitrogens with zero attached hydrogens (tertiary/aromatic N) is 1. The second-order valence-electron chi connectivity index (χ2n) is 4.99. The maximum absolute atomic E-state index is 6.37. The zero-order valence-corrected chi connectivity index (χ0v) is 12.1. The number of H-pyrrole nitrogens is 1. The van der Waals surface area contributed by atoms with Crippen molar-refractivity contribution in [3.63, 3.8) is 0 Å². The number of hydrogen-bond acceptors (Lipinski definition) is 3. The Morgan fingerprint density at radius 3 is 2.90 bits per heavy atom. The lowest BCUT2D eigenvalue weighted by Gasteiger charge is -2.03. The number of hydrogen-bond donors (Lipinski definition) is 1. The van der Waals surface area contributed by atoms with Gasteiger partial charge in [-0.25, -0.2) is 0 Å². The fourth-order valence-corrected chi connectivity index (χ4v) is 2.55. The molecule has 1 aromatic carbocycles. The molecule has 20 heavy (non-hydrogen) atoms. The number of fused-ring (bicyclic) bond motifs is 1. The van der Waals surface area contributed by atoms with E-state index >= 15 is 0 Å². The Kier molecular flexibility index (Phi) is 3.40. The van der Waals surface area contributed by atoms with Gasteiger partial charge in [-0.1, -0.05) is 30.6 Å². The fourth-order valence-electron chi connectivity index (χ4n) is 2.12. The minimum Gasteiger partial charge on any atom is -0.487 e. The van der Waals surface area contributed by atoms with Crippen molar-refractivity contribution in [1.82, 2.24) is 10.1 Å². The van der Waals surface area contributed by atoms with Crippen molar-refractivity contribution in [3.05, 3.63) is 46.9 Å². The van der Waals surface area contributed by atoms with Gasteiger partial charge in [-0.3, -0.25) is 0 Å². The molecule has 0 aliphatic heterocycles.